The predicted octanol–water partition coefficient (Wildman–Crippen LogP) is 0.953. The minimum Gasteiger partial charge on any atom is -0.411 e. The Kier molecular flexibility index (Phi) is 2.63. The van der Waals surface area contributed by atoms with Crippen molar-refractivity contribution in [2.75, 3.05) is 0 Å². The van der Waals surface area contributed by atoms with Gasteiger partial charge in [0.05, 0.1) is 6.21 Å². The monoisotopic (exact) mass is 150 g/mol. The van der Waals surface area contributed by atoms with Crippen LogP contribution < -0.4 is 5.73 Å². The molecule has 1 aromatic carbocycles. The van der Waals surface area contributed by atoms with Crippen LogP contribution in [0.15, 0.2) is 29.4 Å². The normalized spacial score (nSPS) is 10.6. The summed E-state index contributed by atoms with van der Waals surface area (Å²) in [6.45, 7) is 0.507. The molecule has 0 saturated heterocycles. The third kappa shape index (κ3) is 2.05. The fraction of sp³-hybridized carbons (Fsp3) is 0.125. The Balaban J connectivity index is 2.91. The zero-order valence-electron chi connectivity index (χ0n) is 6.07. The first-order valence-electron chi connectivity index (χ1n) is 3.33. The van der Waals surface area contributed by atoms with Crippen LogP contribution in [0.4, 0.5) is 0 Å². The highest BCUT2D eigenvalue weighted by molar-refractivity contribution is 5.79. The van der Waals surface area contributed by atoms with Crippen molar-refractivity contribution < 1.29 is 5.21 Å². The standard InChI is InChI=1S/C8H10N2O/c9-5-7-2-1-3-8(4-7)6-10-11/h1-4,6,11H,5,9H2. The van der Waals surface area contributed by atoms with Gasteiger partial charge in [-0.3, -0.25) is 0 Å². The van der Waals surface area contributed by atoms with Crippen LogP contribution >= 0.6 is 0 Å². The minimum absolute atomic E-state index is 0.507. The van der Waals surface area contributed by atoms with Gasteiger partial charge in [-0.1, -0.05) is 23.4 Å². The molecule has 0 bridgehead atoms. The highest BCUT2D eigenvalue weighted by atomic mass is 16.4. The predicted molar refractivity (Wildman–Crippen MR) is 43.7 cm³/mol. The number of rotatable bonds is 2. The average molecular weight is 150 g/mol. The van der Waals surface area contributed by atoms with Crippen LogP contribution in [0, 0.1) is 0 Å². The first-order valence-corrected chi connectivity index (χ1v) is 3.33. The Labute approximate surface area is 65.1 Å². The lowest BCUT2D eigenvalue weighted by Crippen LogP contribution is -1.96. The molecule has 0 saturated carbocycles. The van der Waals surface area contributed by atoms with E-state index in [-0.39, 0.29) is 0 Å². The third-order valence-corrected chi connectivity index (χ3v) is 1.39. The van der Waals surface area contributed by atoms with E-state index in [9.17, 15) is 0 Å². The zero-order chi connectivity index (χ0) is 8.10. The molecule has 0 spiro atoms. The summed E-state index contributed by atoms with van der Waals surface area (Å²) in [6.07, 6.45) is 1.37. The molecular formula is C8H10N2O. The lowest BCUT2D eigenvalue weighted by Gasteiger charge is -1.96. The van der Waals surface area contributed by atoms with Crippen LogP contribution in [-0.4, -0.2) is 11.4 Å². The van der Waals surface area contributed by atoms with Crippen molar-refractivity contribution in [1.82, 2.24) is 0 Å². The van der Waals surface area contributed by atoms with E-state index < -0.39 is 0 Å². The molecule has 0 aliphatic heterocycles. The number of hydrogen-bond acceptors (Lipinski definition) is 3. The lowest BCUT2D eigenvalue weighted by atomic mass is 10.1. The SMILES string of the molecule is NCc1cccc(C=NO)c1. The van der Waals surface area contributed by atoms with Gasteiger partial charge in [-0.05, 0) is 17.2 Å². The lowest BCUT2D eigenvalue weighted by molar-refractivity contribution is 0.322. The molecule has 0 amide bonds. The van der Waals surface area contributed by atoms with Gasteiger partial charge in [-0.2, -0.15) is 0 Å². The molecule has 11 heavy (non-hydrogen) atoms. The summed E-state index contributed by atoms with van der Waals surface area (Å²) in [7, 11) is 0. The maximum Gasteiger partial charge on any atom is 0.0733 e. The second kappa shape index (κ2) is 3.73. The summed E-state index contributed by atoms with van der Waals surface area (Å²) in [6, 6.07) is 7.52. The second-order valence-corrected chi connectivity index (χ2v) is 2.19. The molecule has 3 heteroatoms. The second-order valence-electron chi connectivity index (χ2n) is 2.19. The number of hydrogen-bond donors (Lipinski definition) is 2. The van der Waals surface area contributed by atoms with E-state index in [1.165, 1.54) is 6.21 Å². The van der Waals surface area contributed by atoms with E-state index in [1.807, 2.05) is 24.3 Å². The van der Waals surface area contributed by atoms with Crippen molar-refractivity contribution in [2.45, 2.75) is 6.54 Å². The van der Waals surface area contributed by atoms with Gasteiger partial charge in [0.25, 0.3) is 0 Å². The molecule has 0 radical (unpaired) electrons. The van der Waals surface area contributed by atoms with E-state index in [0.29, 0.717) is 6.54 Å². The van der Waals surface area contributed by atoms with Gasteiger partial charge in [-0.25, -0.2) is 0 Å². The van der Waals surface area contributed by atoms with Gasteiger partial charge in [0.15, 0.2) is 0 Å². The summed E-state index contributed by atoms with van der Waals surface area (Å²) in [5.74, 6) is 0. The van der Waals surface area contributed by atoms with Gasteiger partial charge in [-0.15, -0.1) is 0 Å². The Morgan fingerprint density at radius 3 is 3.00 bits per heavy atom. The van der Waals surface area contributed by atoms with Crippen molar-refractivity contribution in [2.24, 2.45) is 10.9 Å². The topological polar surface area (TPSA) is 58.6 Å². The minimum atomic E-state index is 0.507. The highest BCUT2D eigenvalue weighted by Crippen LogP contribution is 2.01. The molecule has 0 fully saturated rings. The molecule has 0 aliphatic carbocycles. The summed E-state index contributed by atoms with van der Waals surface area (Å²) < 4.78 is 0. The van der Waals surface area contributed by atoms with Crippen molar-refractivity contribution in [3.8, 4) is 0 Å². The Hall–Kier alpha value is -1.35. The Bertz CT molecular complexity index is 258. The Morgan fingerprint density at radius 1 is 1.55 bits per heavy atom. The van der Waals surface area contributed by atoms with E-state index in [2.05, 4.69) is 5.16 Å². The van der Waals surface area contributed by atoms with E-state index >= 15 is 0 Å². The molecule has 0 aliphatic rings. The van der Waals surface area contributed by atoms with Gasteiger partial charge in [0.2, 0.25) is 0 Å². The molecule has 0 unspecified atom stereocenters. The van der Waals surface area contributed by atoms with Gasteiger partial charge in [0.1, 0.15) is 0 Å². The summed E-state index contributed by atoms with van der Waals surface area (Å²) >= 11 is 0. The van der Waals surface area contributed by atoms with Crippen LogP contribution in [0.5, 0.6) is 0 Å². The quantitative estimate of drug-likeness (QED) is 0.374. The highest BCUT2D eigenvalue weighted by Gasteiger charge is 1.89. The van der Waals surface area contributed by atoms with E-state index in [4.69, 9.17) is 10.9 Å². The molecular weight excluding hydrogens is 140 g/mol. The summed E-state index contributed by atoms with van der Waals surface area (Å²) in [5, 5.41) is 11.1. The van der Waals surface area contributed by atoms with Crippen LogP contribution in [0.3, 0.4) is 0 Å². The molecule has 1 aromatic rings. The van der Waals surface area contributed by atoms with Crippen LogP contribution in [0.1, 0.15) is 11.1 Å². The Morgan fingerprint density at radius 2 is 2.36 bits per heavy atom. The average Bonchev–Trinajstić information content (AvgIpc) is 2.06. The molecule has 0 atom stereocenters. The molecule has 1 rings (SSSR count). The third-order valence-electron chi connectivity index (χ3n) is 1.39. The first kappa shape index (κ1) is 7.75. The van der Waals surface area contributed by atoms with Crippen LogP contribution in [-0.2, 0) is 6.54 Å². The largest absolute Gasteiger partial charge is 0.411 e. The van der Waals surface area contributed by atoms with Crippen LogP contribution in [0.2, 0.25) is 0 Å². The van der Waals surface area contributed by atoms with Gasteiger partial charge >= 0.3 is 0 Å². The van der Waals surface area contributed by atoms with E-state index in [0.717, 1.165) is 11.1 Å². The number of benzene rings is 1. The maximum absolute atomic E-state index is 8.22. The van der Waals surface area contributed by atoms with Gasteiger partial charge in [0, 0.05) is 6.54 Å². The fourth-order valence-corrected chi connectivity index (χ4v) is 0.867. The van der Waals surface area contributed by atoms with E-state index in [1.54, 1.807) is 0 Å². The van der Waals surface area contributed by atoms with Gasteiger partial charge < -0.3 is 10.9 Å². The first-order chi connectivity index (χ1) is 5.36. The number of nitrogens with two attached hydrogens (primary N) is 1. The van der Waals surface area contributed by atoms with Crippen molar-refractivity contribution in [1.29, 1.82) is 0 Å². The van der Waals surface area contributed by atoms with Crippen molar-refractivity contribution >= 4 is 6.21 Å². The summed E-state index contributed by atoms with van der Waals surface area (Å²) in [4.78, 5) is 0. The maximum atomic E-state index is 8.22. The molecule has 0 heterocycles. The fourth-order valence-electron chi connectivity index (χ4n) is 0.867. The molecule has 3 nitrogen and oxygen atoms in total. The van der Waals surface area contributed by atoms with Crippen molar-refractivity contribution in [3.05, 3.63) is 35.4 Å². The zero-order valence-corrected chi connectivity index (χ0v) is 6.07. The molecule has 58 valence electrons. The molecule has 0 aromatic heterocycles. The summed E-state index contributed by atoms with van der Waals surface area (Å²) in [5.41, 5.74) is 7.29. The van der Waals surface area contributed by atoms with Crippen molar-refractivity contribution in [3.63, 3.8) is 0 Å². The molecule has 3 N–H and O–H groups in total. The smallest absolute Gasteiger partial charge is 0.0733 e. The van der Waals surface area contributed by atoms with Crippen LogP contribution in [0.25, 0.3) is 0 Å². The number of nitrogens with zero attached hydrogens (tertiary/aromatic N) is 1. The number of oxime groups is 1.